The fourth-order valence-corrected chi connectivity index (χ4v) is 5.44. The number of likely N-dealkylation sites (tertiary alicyclic amines) is 1. The second kappa shape index (κ2) is 9.35. The first-order valence-corrected chi connectivity index (χ1v) is 11.7. The average Bonchev–Trinajstić information content (AvgIpc) is 3.14. The normalized spacial score (nSPS) is 21.2. The van der Waals surface area contributed by atoms with Gasteiger partial charge in [0.1, 0.15) is 0 Å². The summed E-state index contributed by atoms with van der Waals surface area (Å²) in [6.07, 6.45) is 4.46. The monoisotopic (exact) mass is 429 g/mol. The molecule has 0 saturated carbocycles. The Labute approximate surface area is 182 Å². The van der Waals surface area contributed by atoms with Gasteiger partial charge in [0.05, 0.1) is 24.3 Å². The van der Waals surface area contributed by atoms with Crippen LogP contribution in [-0.2, 0) is 4.79 Å². The number of hydrogen-bond acceptors (Lipinski definition) is 6. The van der Waals surface area contributed by atoms with Crippen molar-refractivity contribution in [2.24, 2.45) is 16.9 Å². The number of fused-ring (bicyclic) bond motifs is 1. The molecule has 1 aromatic heterocycles. The van der Waals surface area contributed by atoms with Crippen molar-refractivity contribution in [2.75, 3.05) is 33.4 Å². The molecule has 4 rings (SSSR count). The van der Waals surface area contributed by atoms with E-state index in [0.717, 1.165) is 38.7 Å². The zero-order valence-corrected chi connectivity index (χ0v) is 18.9. The number of hydrazone groups is 1. The standard InChI is InChI=1S/C23H31N3O3S/c1-15(13-26-7-5-4-6-8-26)14-29-19-10-17-11-21(30-20(17)12-18(19)28-3)23-16(2)9-22(27)24-25-23/h10-12,15-16H,4-9,13-14H2,1-3H3,(H,24,27). The number of thiophene rings is 1. The number of hydrogen-bond donors (Lipinski definition) is 1. The highest BCUT2D eigenvalue weighted by Crippen LogP contribution is 2.38. The molecule has 1 amide bonds. The van der Waals surface area contributed by atoms with Gasteiger partial charge >= 0.3 is 0 Å². The van der Waals surface area contributed by atoms with Gasteiger partial charge in [-0.1, -0.05) is 20.3 Å². The van der Waals surface area contributed by atoms with Gasteiger partial charge in [-0.3, -0.25) is 4.79 Å². The predicted molar refractivity (Wildman–Crippen MR) is 122 cm³/mol. The third-order valence-corrected chi connectivity index (χ3v) is 6.98. The Bertz CT molecular complexity index is 933. The number of benzene rings is 1. The number of carbonyl (C=O) groups excluding carboxylic acids is 1. The predicted octanol–water partition coefficient (Wildman–Crippen LogP) is 4.27. The van der Waals surface area contributed by atoms with E-state index < -0.39 is 0 Å². The van der Waals surface area contributed by atoms with Crippen molar-refractivity contribution in [2.45, 2.75) is 39.5 Å². The second-order valence-electron chi connectivity index (χ2n) is 8.57. The summed E-state index contributed by atoms with van der Waals surface area (Å²) in [7, 11) is 1.68. The molecule has 2 unspecified atom stereocenters. The van der Waals surface area contributed by atoms with E-state index >= 15 is 0 Å². The number of rotatable bonds is 7. The van der Waals surface area contributed by atoms with E-state index in [-0.39, 0.29) is 11.8 Å². The SMILES string of the molecule is COc1cc2sc(C3=NNC(=O)CC3C)cc2cc1OCC(C)CN1CCCCC1. The Morgan fingerprint density at radius 3 is 2.77 bits per heavy atom. The summed E-state index contributed by atoms with van der Waals surface area (Å²) >= 11 is 1.67. The Morgan fingerprint density at radius 2 is 2.03 bits per heavy atom. The van der Waals surface area contributed by atoms with Crippen LogP contribution in [0.4, 0.5) is 0 Å². The zero-order chi connectivity index (χ0) is 21.1. The lowest BCUT2D eigenvalue weighted by atomic mass is 9.99. The van der Waals surface area contributed by atoms with Gasteiger partial charge in [0, 0.05) is 35.6 Å². The van der Waals surface area contributed by atoms with E-state index in [1.807, 2.05) is 13.0 Å². The highest BCUT2D eigenvalue weighted by Gasteiger charge is 2.23. The molecule has 0 spiro atoms. The van der Waals surface area contributed by atoms with Crippen LogP contribution in [0.5, 0.6) is 11.5 Å². The lowest BCUT2D eigenvalue weighted by Crippen LogP contribution is -2.35. The molecule has 1 N–H and O–H groups in total. The number of nitrogens with zero attached hydrogens (tertiary/aromatic N) is 2. The van der Waals surface area contributed by atoms with Crippen LogP contribution in [0.15, 0.2) is 23.3 Å². The van der Waals surface area contributed by atoms with Crippen LogP contribution in [0.25, 0.3) is 10.1 Å². The highest BCUT2D eigenvalue weighted by atomic mass is 32.1. The fraction of sp³-hybridized carbons (Fsp3) is 0.565. The largest absolute Gasteiger partial charge is 0.493 e. The fourth-order valence-electron chi connectivity index (χ4n) is 4.26. The van der Waals surface area contributed by atoms with Crippen molar-refractivity contribution >= 4 is 33.0 Å². The van der Waals surface area contributed by atoms with Crippen LogP contribution >= 0.6 is 11.3 Å². The molecule has 0 aliphatic carbocycles. The molecule has 2 aliphatic rings. The van der Waals surface area contributed by atoms with Gasteiger partial charge in [-0.05, 0) is 43.5 Å². The summed E-state index contributed by atoms with van der Waals surface area (Å²) in [6.45, 7) is 8.46. The number of ether oxygens (including phenoxy) is 2. The summed E-state index contributed by atoms with van der Waals surface area (Å²) in [5.74, 6) is 2.09. The molecule has 1 aromatic carbocycles. The molecule has 2 atom stereocenters. The molecule has 6 nitrogen and oxygen atoms in total. The number of piperidine rings is 1. The minimum absolute atomic E-state index is 0.0246. The van der Waals surface area contributed by atoms with Crippen LogP contribution in [-0.4, -0.2) is 49.9 Å². The smallest absolute Gasteiger partial charge is 0.240 e. The summed E-state index contributed by atoms with van der Waals surface area (Å²) in [5, 5.41) is 5.41. The first-order valence-electron chi connectivity index (χ1n) is 10.9. The van der Waals surface area contributed by atoms with Gasteiger partial charge in [0.15, 0.2) is 11.5 Å². The van der Waals surface area contributed by atoms with E-state index in [2.05, 4.69) is 34.5 Å². The first-order chi connectivity index (χ1) is 14.5. The number of amides is 1. The van der Waals surface area contributed by atoms with Crippen LogP contribution < -0.4 is 14.9 Å². The Hall–Kier alpha value is -2.12. The number of carbonyl (C=O) groups is 1. The number of nitrogens with one attached hydrogen (secondary N) is 1. The second-order valence-corrected chi connectivity index (χ2v) is 9.65. The molecule has 7 heteroatoms. The Kier molecular flexibility index (Phi) is 6.58. The first kappa shape index (κ1) is 21.1. The van der Waals surface area contributed by atoms with Crippen molar-refractivity contribution in [3.8, 4) is 11.5 Å². The molecule has 0 radical (unpaired) electrons. The quantitative estimate of drug-likeness (QED) is 0.714. The summed E-state index contributed by atoms with van der Waals surface area (Å²) in [4.78, 5) is 15.2. The van der Waals surface area contributed by atoms with Crippen molar-refractivity contribution in [1.82, 2.24) is 10.3 Å². The maximum atomic E-state index is 11.6. The Morgan fingerprint density at radius 1 is 1.23 bits per heavy atom. The molecule has 2 aliphatic heterocycles. The molecule has 2 aromatic rings. The van der Waals surface area contributed by atoms with Crippen LogP contribution in [0.2, 0.25) is 0 Å². The van der Waals surface area contributed by atoms with E-state index in [9.17, 15) is 4.79 Å². The summed E-state index contributed by atoms with van der Waals surface area (Å²) in [6, 6.07) is 6.24. The minimum atomic E-state index is -0.0246. The zero-order valence-electron chi connectivity index (χ0n) is 18.1. The van der Waals surface area contributed by atoms with E-state index in [0.29, 0.717) is 18.9 Å². The van der Waals surface area contributed by atoms with Crippen molar-refractivity contribution in [1.29, 1.82) is 0 Å². The maximum absolute atomic E-state index is 11.6. The van der Waals surface area contributed by atoms with Gasteiger partial charge in [-0.15, -0.1) is 11.3 Å². The van der Waals surface area contributed by atoms with Crippen LogP contribution in [0.3, 0.4) is 0 Å². The van der Waals surface area contributed by atoms with Crippen LogP contribution in [0, 0.1) is 11.8 Å². The van der Waals surface area contributed by atoms with Gasteiger partial charge in [-0.2, -0.15) is 5.10 Å². The van der Waals surface area contributed by atoms with Gasteiger partial charge in [-0.25, -0.2) is 5.43 Å². The van der Waals surface area contributed by atoms with Crippen molar-refractivity contribution in [3.05, 3.63) is 23.1 Å². The molecule has 1 saturated heterocycles. The minimum Gasteiger partial charge on any atom is -0.493 e. The molecule has 162 valence electrons. The van der Waals surface area contributed by atoms with Crippen molar-refractivity contribution in [3.63, 3.8) is 0 Å². The molecule has 3 heterocycles. The number of methoxy groups -OCH3 is 1. The van der Waals surface area contributed by atoms with Gasteiger partial charge in [0.2, 0.25) is 5.91 Å². The molecular formula is C23H31N3O3S. The third-order valence-electron chi connectivity index (χ3n) is 5.86. The summed E-state index contributed by atoms with van der Waals surface area (Å²) in [5.41, 5.74) is 3.55. The van der Waals surface area contributed by atoms with Gasteiger partial charge < -0.3 is 14.4 Å². The maximum Gasteiger partial charge on any atom is 0.240 e. The highest BCUT2D eigenvalue weighted by molar-refractivity contribution is 7.21. The van der Waals surface area contributed by atoms with Gasteiger partial charge in [0.25, 0.3) is 0 Å². The van der Waals surface area contributed by atoms with Crippen LogP contribution in [0.1, 0.15) is 44.4 Å². The van der Waals surface area contributed by atoms with E-state index in [4.69, 9.17) is 9.47 Å². The topological polar surface area (TPSA) is 63.2 Å². The molecular weight excluding hydrogens is 398 g/mol. The Balaban J connectivity index is 1.48. The molecule has 30 heavy (non-hydrogen) atoms. The summed E-state index contributed by atoms with van der Waals surface area (Å²) < 4.78 is 12.9. The lowest BCUT2D eigenvalue weighted by molar-refractivity contribution is -0.121. The lowest BCUT2D eigenvalue weighted by Gasteiger charge is -2.29. The van der Waals surface area contributed by atoms with E-state index in [1.165, 1.54) is 32.4 Å². The third kappa shape index (κ3) is 4.78. The molecule has 1 fully saturated rings. The van der Waals surface area contributed by atoms with E-state index in [1.54, 1.807) is 18.4 Å². The average molecular weight is 430 g/mol. The molecule has 0 bridgehead atoms. The van der Waals surface area contributed by atoms with Crippen molar-refractivity contribution < 1.29 is 14.3 Å².